The van der Waals surface area contributed by atoms with E-state index in [-0.39, 0.29) is 0 Å². The van der Waals surface area contributed by atoms with E-state index in [2.05, 4.69) is 4.98 Å². The van der Waals surface area contributed by atoms with Crippen molar-refractivity contribution in [2.45, 2.75) is 0 Å². The number of nitrogens with zero attached hydrogens (tertiary/aromatic N) is 1. The Hall–Kier alpha value is -2.23. The summed E-state index contributed by atoms with van der Waals surface area (Å²) in [6, 6.07) is 9.53. The third kappa shape index (κ3) is 1.01. The average molecular weight is 214 g/mol. The molecule has 0 aliphatic rings. The monoisotopic (exact) mass is 214 g/mol. The van der Waals surface area contributed by atoms with Gasteiger partial charge in [-0.3, -0.25) is 0 Å². The van der Waals surface area contributed by atoms with E-state index in [1.165, 1.54) is 0 Å². The Bertz CT molecular complexity index is 706. The van der Waals surface area contributed by atoms with E-state index in [4.69, 9.17) is 5.11 Å². The normalized spacial score (nSPS) is 11.3. The Balaban J connectivity index is 2.50. The topological polar surface area (TPSA) is 58.0 Å². The molecule has 4 nitrogen and oxygen atoms in total. The highest BCUT2D eigenvalue weighted by molar-refractivity contribution is 6.08. The molecule has 0 amide bonds. The van der Waals surface area contributed by atoms with Crippen LogP contribution >= 0.6 is 0 Å². The molecule has 0 aliphatic heterocycles. The summed E-state index contributed by atoms with van der Waals surface area (Å²) in [6.45, 7) is 0. The SMILES string of the molecule is Cn1c(C(=O)O)cc2[nH]c3ccccc3c21. The molecule has 0 aliphatic carbocycles. The van der Waals surface area contributed by atoms with Gasteiger partial charge >= 0.3 is 5.97 Å². The van der Waals surface area contributed by atoms with E-state index in [9.17, 15) is 4.79 Å². The maximum absolute atomic E-state index is 11.0. The molecule has 0 atom stereocenters. The molecular weight excluding hydrogens is 204 g/mol. The maximum Gasteiger partial charge on any atom is 0.352 e. The first-order valence-corrected chi connectivity index (χ1v) is 4.98. The zero-order chi connectivity index (χ0) is 11.3. The van der Waals surface area contributed by atoms with Gasteiger partial charge in [-0.1, -0.05) is 18.2 Å². The second-order valence-corrected chi connectivity index (χ2v) is 3.83. The zero-order valence-corrected chi connectivity index (χ0v) is 8.69. The summed E-state index contributed by atoms with van der Waals surface area (Å²) in [5, 5.41) is 10.1. The van der Waals surface area contributed by atoms with Gasteiger partial charge in [-0.2, -0.15) is 0 Å². The smallest absolute Gasteiger partial charge is 0.352 e. The molecule has 0 unspecified atom stereocenters. The van der Waals surface area contributed by atoms with Crippen LogP contribution in [-0.2, 0) is 7.05 Å². The summed E-state index contributed by atoms with van der Waals surface area (Å²) in [6.07, 6.45) is 0. The van der Waals surface area contributed by atoms with Crippen LogP contribution in [0.4, 0.5) is 0 Å². The number of carboxylic acid groups (broad SMARTS) is 1. The first-order valence-electron chi connectivity index (χ1n) is 4.98. The molecule has 16 heavy (non-hydrogen) atoms. The fraction of sp³-hybridized carbons (Fsp3) is 0.0833. The fourth-order valence-corrected chi connectivity index (χ4v) is 2.17. The Morgan fingerprint density at radius 2 is 2.06 bits per heavy atom. The van der Waals surface area contributed by atoms with Crippen LogP contribution in [0.3, 0.4) is 0 Å². The number of aryl methyl sites for hydroxylation is 1. The minimum atomic E-state index is -0.906. The third-order valence-corrected chi connectivity index (χ3v) is 2.90. The van der Waals surface area contributed by atoms with Crippen molar-refractivity contribution in [1.82, 2.24) is 9.55 Å². The highest BCUT2D eigenvalue weighted by atomic mass is 16.4. The van der Waals surface area contributed by atoms with Crippen molar-refractivity contribution >= 4 is 27.9 Å². The second kappa shape index (κ2) is 2.88. The van der Waals surface area contributed by atoms with Gasteiger partial charge in [0.15, 0.2) is 0 Å². The van der Waals surface area contributed by atoms with Gasteiger partial charge in [0.25, 0.3) is 0 Å². The van der Waals surface area contributed by atoms with Gasteiger partial charge in [-0.15, -0.1) is 0 Å². The van der Waals surface area contributed by atoms with Crippen LogP contribution < -0.4 is 0 Å². The number of hydrogen-bond acceptors (Lipinski definition) is 1. The molecule has 2 N–H and O–H groups in total. The van der Waals surface area contributed by atoms with Gasteiger partial charge in [0.1, 0.15) is 5.69 Å². The van der Waals surface area contributed by atoms with E-state index in [1.807, 2.05) is 24.3 Å². The Morgan fingerprint density at radius 3 is 2.81 bits per heavy atom. The standard InChI is InChI=1S/C12H10N2O2/c1-14-10(12(15)16)6-9-11(14)7-4-2-3-5-8(7)13-9/h2-6,13H,1H3,(H,15,16). The summed E-state index contributed by atoms with van der Waals surface area (Å²) in [5.74, 6) is -0.906. The molecule has 2 aromatic heterocycles. The Kier molecular flexibility index (Phi) is 1.63. The average Bonchev–Trinajstić information content (AvgIpc) is 2.75. The van der Waals surface area contributed by atoms with Crippen LogP contribution in [0.5, 0.6) is 0 Å². The molecule has 0 fully saturated rings. The van der Waals surface area contributed by atoms with E-state index >= 15 is 0 Å². The lowest BCUT2D eigenvalue weighted by molar-refractivity contribution is 0.0687. The molecule has 0 spiro atoms. The van der Waals surface area contributed by atoms with Crippen LogP contribution in [0, 0.1) is 0 Å². The van der Waals surface area contributed by atoms with E-state index < -0.39 is 5.97 Å². The van der Waals surface area contributed by atoms with Crippen LogP contribution in [0.25, 0.3) is 21.9 Å². The minimum Gasteiger partial charge on any atom is -0.477 e. The lowest BCUT2D eigenvalue weighted by Gasteiger charge is -1.98. The van der Waals surface area contributed by atoms with Gasteiger partial charge in [0.2, 0.25) is 0 Å². The van der Waals surface area contributed by atoms with Crippen LogP contribution in [0.1, 0.15) is 10.5 Å². The quantitative estimate of drug-likeness (QED) is 0.653. The molecular formula is C12H10N2O2. The van der Waals surface area contributed by atoms with Crippen molar-refractivity contribution in [2.24, 2.45) is 7.05 Å². The summed E-state index contributed by atoms with van der Waals surface area (Å²) in [5.41, 5.74) is 3.13. The van der Waals surface area contributed by atoms with E-state index in [0.29, 0.717) is 5.69 Å². The maximum atomic E-state index is 11.0. The van der Waals surface area contributed by atoms with Gasteiger partial charge in [0.05, 0.1) is 11.0 Å². The molecule has 0 saturated heterocycles. The number of benzene rings is 1. The lowest BCUT2D eigenvalue weighted by Crippen LogP contribution is -2.03. The number of aromatic amines is 1. The number of nitrogens with one attached hydrogen (secondary N) is 1. The molecule has 0 bridgehead atoms. The molecule has 80 valence electrons. The number of aromatic carboxylic acids is 1. The van der Waals surface area contributed by atoms with Crippen molar-refractivity contribution in [3.05, 3.63) is 36.0 Å². The Labute approximate surface area is 91.1 Å². The van der Waals surface area contributed by atoms with Crippen LogP contribution in [0.2, 0.25) is 0 Å². The number of fused-ring (bicyclic) bond motifs is 3. The highest BCUT2D eigenvalue weighted by Crippen LogP contribution is 2.27. The number of carboxylic acids is 1. The zero-order valence-electron chi connectivity index (χ0n) is 8.69. The molecule has 3 rings (SSSR count). The number of carbonyl (C=O) groups is 1. The Morgan fingerprint density at radius 1 is 1.31 bits per heavy atom. The predicted molar refractivity (Wildman–Crippen MR) is 61.7 cm³/mol. The third-order valence-electron chi connectivity index (χ3n) is 2.90. The number of aromatic nitrogens is 2. The second-order valence-electron chi connectivity index (χ2n) is 3.83. The highest BCUT2D eigenvalue weighted by Gasteiger charge is 2.15. The van der Waals surface area contributed by atoms with E-state index in [1.54, 1.807) is 17.7 Å². The van der Waals surface area contributed by atoms with Crippen molar-refractivity contribution in [2.75, 3.05) is 0 Å². The first-order chi connectivity index (χ1) is 7.68. The van der Waals surface area contributed by atoms with Gasteiger partial charge in [-0.25, -0.2) is 4.79 Å². The molecule has 0 saturated carbocycles. The molecule has 1 aromatic carbocycles. The van der Waals surface area contributed by atoms with Gasteiger partial charge < -0.3 is 14.7 Å². The molecule has 2 heterocycles. The molecule has 4 heteroatoms. The first kappa shape index (κ1) is 9.03. The number of para-hydroxylation sites is 1. The van der Waals surface area contributed by atoms with Crippen molar-refractivity contribution in [3.63, 3.8) is 0 Å². The van der Waals surface area contributed by atoms with Crippen LogP contribution in [-0.4, -0.2) is 20.6 Å². The number of rotatable bonds is 1. The van der Waals surface area contributed by atoms with Crippen molar-refractivity contribution < 1.29 is 9.90 Å². The predicted octanol–water partition coefficient (Wildman–Crippen LogP) is 2.36. The van der Waals surface area contributed by atoms with Crippen LogP contribution in [0.15, 0.2) is 30.3 Å². The minimum absolute atomic E-state index is 0.298. The van der Waals surface area contributed by atoms with Crippen molar-refractivity contribution in [3.8, 4) is 0 Å². The summed E-state index contributed by atoms with van der Waals surface area (Å²) in [4.78, 5) is 14.2. The summed E-state index contributed by atoms with van der Waals surface area (Å²) in [7, 11) is 1.77. The largest absolute Gasteiger partial charge is 0.477 e. The van der Waals surface area contributed by atoms with Crippen molar-refractivity contribution in [1.29, 1.82) is 0 Å². The molecule has 3 aromatic rings. The van der Waals surface area contributed by atoms with E-state index in [0.717, 1.165) is 21.9 Å². The number of H-pyrrole nitrogens is 1. The lowest BCUT2D eigenvalue weighted by atomic mass is 10.2. The van der Waals surface area contributed by atoms with Gasteiger partial charge in [-0.05, 0) is 12.1 Å². The van der Waals surface area contributed by atoms with Gasteiger partial charge in [0, 0.05) is 18.0 Å². The molecule has 0 radical (unpaired) electrons. The fourth-order valence-electron chi connectivity index (χ4n) is 2.17. The summed E-state index contributed by atoms with van der Waals surface area (Å²) >= 11 is 0. The summed E-state index contributed by atoms with van der Waals surface area (Å²) < 4.78 is 1.70. The number of hydrogen-bond donors (Lipinski definition) is 2.